The molecule has 0 aromatic heterocycles. The molecule has 0 bridgehead atoms. The highest BCUT2D eigenvalue weighted by molar-refractivity contribution is 7.89. The van der Waals surface area contributed by atoms with Crippen LogP contribution >= 0.6 is 23.2 Å². The number of nitrogens with one attached hydrogen (secondary N) is 1. The summed E-state index contributed by atoms with van der Waals surface area (Å²) in [5, 5.41) is 3.71. The zero-order chi connectivity index (χ0) is 33.4. The number of morpholine rings is 1. The van der Waals surface area contributed by atoms with Crippen LogP contribution in [0.25, 0.3) is 0 Å². The minimum absolute atomic E-state index is 0.0338. The van der Waals surface area contributed by atoms with Gasteiger partial charge < -0.3 is 19.7 Å². The molecule has 0 radical (unpaired) electrons. The van der Waals surface area contributed by atoms with Crippen LogP contribution in [0.2, 0.25) is 10.0 Å². The minimum atomic E-state index is -3.71. The lowest BCUT2D eigenvalue weighted by Gasteiger charge is -2.31. The van der Waals surface area contributed by atoms with E-state index in [0.29, 0.717) is 39.9 Å². The van der Waals surface area contributed by atoms with Crippen molar-refractivity contribution in [3.8, 4) is 5.75 Å². The molecular formula is C34H32Cl2FN3O6S. The Kier molecular flexibility index (Phi) is 11.5. The molecule has 246 valence electrons. The first kappa shape index (κ1) is 34.3. The summed E-state index contributed by atoms with van der Waals surface area (Å²) >= 11 is 12.4. The Morgan fingerprint density at radius 3 is 2.28 bits per heavy atom. The summed E-state index contributed by atoms with van der Waals surface area (Å²) in [5.41, 5.74) is 1.77. The summed E-state index contributed by atoms with van der Waals surface area (Å²) in [6, 6.07) is 24.1. The molecule has 4 aromatic rings. The van der Waals surface area contributed by atoms with E-state index in [9.17, 15) is 22.4 Å². The van der Waals surface area contributed by atoms with Crippen LogP contribution in [0.1, 0.15) is 22.7 Å². The molecule has 9 nitrogen and oxygen atoms in total. The first-order valence-corrected chi connectivity index (χ1v) is 16.9. The molecule has 1 heterocycles. The molecule has 0 spiro atoms. The number of hydrogen-bond acceptors (Lipinski definition) is 6. The fourth-order valence-electron chi connectivity index (χ4n) is 5.03. The lowest BCUT2D eigenvalue weighted by Crippen LogP contribution is -2.45. The zero-order valence-electron chi connectivity index (χ0n) is 25.2. The standard InChI is InChI=1S/C34H32Cl2FN3O6S/c35-27-9-8-26(31(36)20-27)21-38-34(42)33(25-4-2-1-3-5-25)40(22-24-6-10-28(37)11-7-24)32(41)23-46-29-12-14-30(15-13-29)47(43,44)39-16-18-45-19-17-39/h1-15,20,33H,16-19,21-23H2,(H,38,42). The van der Waals surface area contributed by atoms with E-state index in [1.54, 1.807) is 48.5 Å². The summed E-state index contributed by atoms with van der Waals surface area (Å²) in [6.07, 6.45) is 0. The molecule has 2 amide bonds. The molecule has 1 N–H and O–H groups in total. The third kappa shape index (κ3) is 8.88. The number of amides is 2. The van der Waals surface area contributed by atoms with Gasteiger partial charge in [0.15, 0.2) is 6.61 Å². The van der Waals surface area contributed by atoms with Crippen LogP contribution in [-0.4, -0.2) is 62.3 Å². The molecule has 5 rings (SSSR count). The zero-order valence-corrected chi connectivity index (χ0v) is 27.5. The number of sulfonamides is 1. The van der Waals surface area contributed by atoms with Crippen molar-refractivity contribution in [2.75, 3.05) is 32.9 Å². The Balaban J connectivity index is 1.37. The van der Waals surface area contributed by atoms with E-state index in [1.165, 1.54) is 57.7 Å². The lowest BCUT2D eigenvalue weighted by molar-refractivity contribution is -0.143. The van der Waals surface area contributed by atoms with Gasteiger partial charge in [0.2, 0.25) is 15.9 Å². The van der Waals surface area contributed by atoms with E-state index in [2.05, 4.69) is 5.32 Å². The van der Waals surface area contributed by atoms with Crippen molar-refractivity contribution >= 4 is 45.0 Å². The van der Waals surface area contributed by atoms with Gasteiger partial charge in [-0.15, -0.1) is 0 Å². The maximum Gasteiger partial charge on any atom is 0.261 e. The summed E-state index contributed by atoms with van der Waals surface area (Å²) in [7, 11) is -3.71. The van der Waals surface area contributed by atoms with Crippen LogP contribution in [0.15, 0.2) is 102 Å². The van der Waals surface area contributed by atoms with Gasteiger partial charge in [-0.2, -0.15) is 4.31 Å². The van der Waals surface area contributed by atoms with Crippen LogP contribution in [0.5, 0.6) is 5.75 Å². The predicted molar refractivity (Wildman–Crippen MR) is 176 cm³/mol. The van der Waals surface area contributed by atoms with Crippen molar-refractivity contribution in [1.29, 1.82) is 0 Å². The van der Waals surface area contributed by atoms with Crippen LogP contribution in [0, 0.1) is 5.82 Å². The Morgan fingerprint density at radius 1 is 0.936 bits per heavy atom. The average Bonchev–Trinajstić information content (AvgIpc) is 3.08. The van der Waals surface area contributed by atoms with Crippen LogP contribution in [0.4, 0.5) is 4.39 Å². The number of ether oxygens (including phenoxy) is 2. The van der Waals surface area contributed by atoms with Crippen molar-refractivity contribution in [3.63, 3.8) is 0 Å². The highest BCUT2D eigenvalue weighted by Gasteiger charge is 2.32. The predicted octanol–water partition coefficient (Wildman–Crippen LogP) is 5.62. The number of benzene rings is 4. The molecule has 13 heteroatoms. The van der Waals surface area contributed by atoms with Gasteiger partial charge in [0, 0.05) is 36.2 Å². The quantitative estimate of drug-likeness (QED) is 0.206. The van der Waals surface area contributed by atoms with Gasteiger partial charge in [0.25, 0.3) is 5.91 Å². The number of carbonyl (C=O) groups excluding carboxylic acids is 2. The van der Waals surface area contributed by atoms with E-state index >= 15 is 0 Å². The number of rotatable bonds is 12. The molecule has 1 fully saturated rings. The SMILES string of the molecule is O=C(NCc1ccc(Cl)cc1Cl)C(c1ccccc1)N(Cc1ccc(F)cc1)C(=O)COc1ccc(S(=O)(=O)N2CCOCC2)cc1. The van der Waals surface area contributed by atoms with Crippen LogP contribution in [0.3, 0.4) is 0 Å². The number of hydrogen-bond donors (Lipinski definition) is 1. The summed E-state index contributed by atoms with van der Waals surface area (Å²) < 4.78 is 52.1. The summed E-state index contributed by atoms with van der Waals surface area (Å²) in [5.74, 6) is -1.19. The van der Waals surface area contributed by atoms with Crippen molar-refractivity contribution in [2.45, 2.75) is 24.0 Å². The number of halogens is 3. The first-order chi connectivity index (χ1) is 22.6. The van der Waals surface area contributed by atoms with Gasteiger partial charge in [-0.25, -0.2) is 12.8 Å². The van der Waals surface area contributed by atoms with Gasteiger partial charge in [0.05, 0.1) is 18.1 Å². The fraction of sp³-hybridized carbons (Fsp3) is 0.235. The van der Waals surface area contributed by atoms with Crippen molar-refractivity contribution in [3.05, 3.63) is 130 Å². The van der Waals surface area contributed by atoms with Crippen LogP contribution in [-0.2, 0) is 37.4 Å². The Hall–Kier alpha value is -4.00. The molecule has 0 aliphatic carbocycles. The fourth-order valence-corrected chi connectivity index (χ4v) is 6.92. The highest BCUT2D eigenvalue weighted by atomic mass is 35.5. The van der Waals surface area contributed by atoms with Crippen molar-refractivity contribution in [2.24, 2.45) is 0 Å². The Labute approximate surface area is 282 Å². The average molecular weight is 701 g/mol. The van der Waals surface area contributed by atoms with E-state index in [0.717, 1.165) is 0 Å². The second kappa shape index (κ2) is 15.7. The van der Waals surface area contributed by atoms with E-state index in [-0.39, 0.29) is 36.8 Å². The number of nitrogens with zero attached hydrogens (tertiary/aromatic N) is 2. The van der Waals surface area contributed by atoms with Gasteiger partial charge in [-0.1, -0.05) is 71.7 Å². The highest BCUT2D eigenvalue weighted by Crippen LogP contribution is 2.27. The smallest absolute Gasteiger partial charge is 0.261 e. The van der Waals surface area contributed by atoms with Gasteiger partial charge in [-0.3, -0.25) is 9.59 Å². The topological polar surface area (TPSA) is 105 Å². The third-order valence-electron chi connectivity index (χ3n) is 7.52. The molecule has 1 aliphatic heterocycles. The van der Waals surface area contributed by atoms with E-state index in [4.69, 9.17) is 32.7 Å². The van der Waals surface area contributed by atoms with Gasteiger partial charge >= 0.3 is 0 Å². The van der Waals surface area contributed by atoms with Crippen LogP contribution < -0.4 is 10.1 Å². The maximum atomic E-state index is 13.9. The minimum Gasteiger partial charge on any atom is -0.484 e. The maximum absolute atomic E-state index is 13.9. The molecule has 1 unspecified atom stereocenters. The summed E-state index contributed by atoms with van der Waals surface area (Å²) in [4.78, 5) is 29.2. The second-order valence-corrected chi connectivity index (χ2v) is 13.5. The molecule has 1 atom stereocenters. The molecular weight excluding hydrogens is 668 g/mol. The Bertz CT molecular complexity index is 1790. The monoisotopic (exact) mass is 699 g/mol. The molecule has 0 saturated carbocycles. The van der Waals surface area contributed by atoms with Gasteiger partial charge in [-0.05, 0) is 65.2 Å². The summed E-state index contributed by atoms with van der Waals surface area (Å²) in [6.45, 7) is 0.766. The normalized spacial score (nSPS) is 14.3. The van der Waals surface area contributed by atoms with Gasteiger partial charge in [0.1, 0.15) is 17.6 Å². The van der Waals surface area contributed by atoms with Crippen molar-refractivity contribution < 1.29 is 31.9 Å². The number of carbonyl (C=O) groups is 2. The second-order valence-electron chi connectivity index (χ2n) is 10.7. The Morgan fingerprint density at radius 2 is 1.62 bits per heavy atom. The third-order valence-corrected chi connectivity index (χ3v) is 10.0. The molecule has 1 saturated heterocycles. The van der Waals surface area contributed by atoms with Crippen molar-refractivity contribution in [1.82, 2.24) is 14.5 Å². The largest absolute Gasteiger partial charge is 0.484 e. The molecule has 47 heavy (non-hydrogen) atoms. The molecule has 1 aliphatic rings. The molecule has 4 aromatic carbocycles. The lowest BCUT2D eigenvalue weighted by atomic mass is 10.0. The van der Waals surface area contributed by atoms with E-state index < -0.39 is 40.3 Å². The first-order valence-electron chi connectivity index (χ1n) is 14.7. The van der Waals surface area contributed by atoms with E-state index in [1.807, 2.05) is 0 Å².